The maximum absolute atomic E-state index is 5.45. The van der Waals surface area contributed by atoms with E-state index in [1.54, 1.807) is 13.4 Å². The molecule has 1 aromatic heterocycles. The second-order valence-electron chi connectivity index (χ2n) is 3.68. The predicted octanol–water partition coefficient (Wildman–Crippen LogP) is 1.08. The molecule has 0 amide bonds. The minimum absolute atomic E-state index is 0.751. The fourth-order valence-electron chi connectivity index (χ4n) is 1.40. The first-order valence-corrected chi connectivity index (χ1v) is 5.14. The fraction of sp³-hybridized carbons (Fsp3) is 0.636. The molecular weight excluding hydrogens is 192 g/mol. The van der Waals surface area contributed by atoms with Crippen molar-refractivity contribution < 1.29 is 9.15 Å². The van der Waals surface area contributed by atoms with E-state index in [0.29, 0.717) is 0 Å². The van der Waals surface area contributed by atoms with Gasteiger partial charge in [0.1, 0.15) is 5.76 Å². The van der Waals surface area contributed by atoms with Crippen LogP contribution in [0.25, 0.3) is 0 Å². The number of nitrogens with one attached hydrogen (secondary N) is 1. The Hall–Kier alpha value is -0.840. The van der Waals surface area contributed by atoms with Crippen LogP contribution in [0.3, 0.4) is 0 Å². The van der Waals surface area contributed by atoms with Gasteiger partial charge in [0.05, 0.1) is 19.4 Å². The maximum atomic E-state index is 5.45. The first-order chi connectivity index (χ1) is 7.26. The van der Waals surface area contributed by atoms with Gasteiger partial charge < -0.3 is 14.5 Å². The molecule has 86 valence electrons. The lowest BCUT2D eigenvalue weighted by atomic mass is 10.3. The van der Waals surface area contributed by atoms with Crippen LogP contribution in [-0.4, -0.2) is 39.3 Å². The largest absolute Gasteiger partial charge is 0.468 e. The van der Waals surface area contributed by atoms with Crippen molar-refractivity contribution in [1.29, 1.82) is 0 Å². The number of ether oxygens (including phenoxy) is 1. The normalized spacial score (nSPS) is 11.2. The van der Waals surface area contributed by atoms with Crippen molar-refractivity contribution in [3.05, 3.63) is 23.7 Å². The molecule has 1 N–H and O–H groups in total. The molecule has 1 aromatic rings. The molecule has 0 aromatic carbocycles. The van der Waals surface area contributed by atoms with Gasteiger partial charge in [0.2, 0.25) is 0 Å². The summed E-state index contributed by atoms with van der Waals surface area (Å²) < 4.78 is 10.5. The molecule has 0 atom stereocenters. The summed E-state index contributed by atoms with van der Waals surface area (Å²) in [4.78, 5) is 2.17. The Balaban J connectivity index is 2.35. The summed E-state index contributed by atoms with van der Waals surface area (Å²) in [5.74, 6) is 0.999. The van der Waals surface area contributed by atoms with Gasteiger partial charge in [-0.3, -0.25) is 4.90 Å². The van der Waals surface area contributed by atoms with E-state index in [9.17, 15) is 0 Å². The number of nitrogens with zero attached hydrogens (tertiary/aromatic N) is 1. The van der Waals surface area contributed by atoms with Crippen LogP contribution in [0.1, 0.15) is 11.3 Å². The highest BCUT2D eigenvalue weighted by Crippen LogP contribution is 2.09. The van der Waals surface area contributed by atoms with E-state index in [-0.39, 0.29) is 0 Å². The average molecular weight is 212 g/mol. The fourth-order valence-corrected chi connectivity index (χ4v) is 1.40. The van der Waals surface area contributed by atoms with Crippen LogP contribution in [0.4, 0.5) is 0 Å². The number of methoxy groups -OCH3 is 1. The van der Waals surface area contributed by atoms with Gasteiger partial charge in [-0.2, -0.15) is 0 Å². The topological polar surface area (TPSA) is 37.6 Å². The second-order valence-corrected chi connectivity index (χ2v) is 3.68. The molecule has 0 aliphatic carbocycles. The molecule has 1 heterocycles. The number of likely N-dealkylation sites (N-methyl/N-ethyl adjacent to an activating group) is 1. The number of hydrogen-bond acceptors (Lipinski definition) is 4. The van der Waals surface area contributed by atoms with Crippen molar-refractivity contribution in [2.75, 3.05) is 34.4 Å². The molecular formula is C11H20N2O2. The Bertz CT molecular complexity index is 273. The first kappa shape index (κ1) is 12.2. The zero-order chi connectivity index (χ0) is 11.1. The summed E-state index contributed by atoms with van der Waals surface area (Å²) in [7, 11) is 5.70. The summed E-state index contributed by atoms with van der Waals surface area (Å²) in [6.07, 6.45) is 1.80. The van der Waals surface area contributed by atoms with E-state index in [1.807, 2.05) is 7.05 Å². The third kappa shape index (κ3) is 4.46. The SMILES string of the molecule is CNCc1coc(CN(C)CCOC)c1. The van der Waals surface area contributed by atoms with Gasteiger partial charge in [0.25, 0.3) is 0 Å². The molecule has 1 rings (SSSR count). The molecule has 4 nitrogen and oxygen atoms in total. The van der Waals surface area contributed by atoms with E-state index in [4.69, 9.17) is 9.15 Å². The lowest BCUT2D eigenvalue weighted by Crippen LogP contribution is -2.21. The Morgan fingerprint density at radius 3 is 3.00 bits per heavy atom. The molecule has 0 bridgehead atoms. The smallest absolute Gasteiger partial charge is 0.118 e. The van der Waals surface area contributed by atoms with Crippen LogP contribution in [0.5, 0.6) is 0 Å². The van der Waals surface area contributed by atoms with Crippen molar-refractivity contribution >= 4 is 0 Å². The molecule has 0 unspecified atom stereocenters. The van der Waals surface area contributed by atoms with Gasteiger partial charge in [-0.1, -0.05) is 0 Å². The third-order valence-electron chi connectivity index (χ3n) is 2.19. The molecule has 0 aliphatic rings. The van der Waals surface area contributed by atoms with Crippen LogP contribution in [-0.2, 0) is 17.8 Å². The molecule has 0 radical (unpaired) electrons. The van der Waals surface area contributed by atoms with Crippen molar-refractivity contribution in [1.82, 2.24) is 10.2 Å². The Kier molecular flexibility index (Phi) is 5.39. The van der Waals surface area contributed by atoms with E-state index in [1.165, 1.54) is 5.56 Å². The monoisotopic (exact) mass is 212 g/mol. The second kappa shape index (κ2) is 6.61. The standard InChI is InChI=1S/C11H20N2O2/c1-12-7-10-6-11(15-9-10)8-13(2)4-5-14-3/h6,9,12H,4-5,7-8H2,1-3H3. The highest BCUT2D eigenvalue weighted by atomic mass is 16.5. The van der Waals surface area contributed by atoms with Crippen molar-refractivity contribution in [3.63, 3.8) is 0 Å². The van der Waals surface area contributed by atoms with Crippen LogP contribution in [0, 0.1) is 0 Å². The Morgan fingerprint density at radius 2 is 2.33 bits per heavy atom. The summed E-state index contributed by atoms with van der Waals surface area (Å²) in [6, 6.07) is 2.08. The number of furan rings is 1. The van der Waals surface area contributed by atoms with E-state index in [2.05, 4.69) is 23.3 Å². The Morgan fingerprint density at radius 1 is 1.53 bits per heavy atom. The van der Waals surface area contributed by atoms with E-state index < -0.39 is 0 Å². The summed E-state index contributed by atoms with van der Waals surface area (Å²) in [6.45, 7) is 3.34. The van der Waals surface area contributed by atoms with Crippen LogP contribution >= 0.6 is 0 Å². The van der Waals surface area contributed by atoms with Crippen LogP contribution in [0.2, 0.25) is 0 Å². The quantitative estimate of drug-likeness (QED) is 0.734. The van der Waals surface area contributed by atoms with Crippen molar-refractivity contribution in [3.8, 4) is 0 Å². The van der Waals surface area contributed by atoms with Crippen LogP contribution < -0.4 is 5.32 Å². The highest BCUT2D eigenvalue weighted by Gasteiger charge is 2.04. The van der Waals surface area contributed by atoms with E-state index in [0.717, 1.165) is 32.0 Å². The average Bonchev–Trinajstić information content (AvgIpc) is 2.63. The summed E-state index contributed by atoms with van der Waals surface area (Å²) in [5, 5.41) is 3.09. The summed E-state index contributed by atoms with van der Waals surface area (Å²) in [5.41, 5.74) is 1.19. The maximum Gasteiger partial charge on any atom is 0.118 e. The third-order valence-corrected chi connectivity index (χ3v) is 2.19. The highest BCUT2D eigenvalue weighted by molar-refractivity contribution is 5.12. The van der Waals surface area contributed by atoms with Crippen molar-refractivity contribution in [2.24, 2.45) is 0 Å². The summed E-state index contributed by atoms with van der Waals surface area (Å²) >= 11 is 0. The van der Waals surface area contributed by atoms with Gasteiger partial charge in [-0.15, -0.1) is 0 Å². The molecule has 4 heteroatoms. The number of rotatable bonds is 7. The van der Waals surface area contributed by atoms with Gasteiger partial charge in [-0.25, -0.2) is 0 Å². The van der Waals surface area contributed by atoms with Gasteiger partial charge >= 0.3 is 0 Å². The molecule has 0 saturated heterocycles. The Labute approximate surface area is 91.2 Å². The molecule has 0 saturated carbocycles. The zero-order valence-electron chi connectivity index (χ0n) is 9.75. The van der Waals surface area contributed by atoms with Gasteiger partial charge in [0, 0.05) is 25.8 Å². The number of hydrogen-bond donors (Lipinski definition) is 1. The molecule has 0 spiro atoms. The van der Waals surface area contributed by atoms with Gasteiger partial charge in [0.15, 0.2) is 0 Å². The lowest BCUT2D eigenvalue weighted by Gasteiger charge is -2.13. The predicted molar refractivity (Wildman–Crippen MR) is 59.7 cm³/mol. The van der Waals surface area contributed by atoms with Gasteiger partial charge in [-0.05, 0) is 20.2 Å². The van der Waals surface area contributed by atoms with E-state index >= 15 is 0 Å². The first-order valence-electron chi connectivity index (χ1n) is 5.14. The minimum Gasteiger partial charge on any atom is -0.468 e. The lowest BCUT2D eigenvalue weighted by molar-refractivity contribution is 0.155. The van der Waals surface area contributed by atoms with Crippen molar-refractivity contribution in [2.45, 2.75) is 13.1 Å². The van der Waals surface area contributed by atoms with Crippen LogP contribution in [0.15, 0.2) is 16.7 Å². The molecule has 15 heavy (non-hydrogen) atoms. The zero-order valence-corrected chi connectivity index (χ0v) is 9.75. The molecule has 0 aliphatic heterocycles. The molecule has 0 fully saturated rings. The minimum atomic E-state index is 0.751.